The number of ether oxygens (including phenoxy) is 1. The summed E-state index contributed by atoms with van der Waals surface area (Å²) in [5.41, 5.74) is 0. The van der Waals surface area contributed by atoms with Gasteiger partial charge in [0.1, 0.15) is 12.4 Å². The summed E-state index contributed by atoms with van der Waals surface area (Å²) in [6, 6.07) is 2.83. The summed E-state index contributed by atoms with van der Waals surface area (Å²) in [6.07, 6.45) is 0. The molecule has 0 amide bonds. The van der Waals surface area contributed by atoms with Crippen molar-refractivity contribution in [2.24, 2.45) is 0 Å². The van der Waals surface area contributed by atoms with Gasteiger partial charge in [0, 0.05) is 6.07 Å². The van der Waals surface area contributed by atoms with Crippen LogP contribution in [-0.4, -0.2) is 12.4 Å². The van der Waals surface area contributed by atoms with Gasteiger partial charge in [-0.25, -0.2) is 8.78 Å². The molecule has 0 saturated heterocycles. The normalized spacial score (nSPS) is 9.77. The number of hydrogen-bond acceptors (Lipinski definition) is 2. The molecular formula is C9H8F2O2. The summed E-state index contributed by atoms with van der Waals surface area (Å²) in [4.78, 5) is 10.5. The Morgan fingerprint density at radius 1 is 1.46 bits per heavy atom. The second-order valence-corrected chi connectivity index (χ2v) is 2.57. The van der Waals surface area contributed by atoms with E-state index in [1.165, 1.54) is 6.92 Å². The molecule has 0 atom stereocenters. The van der Waals surface area contributed by atoms with E-state index in [0.717, 1.165) is 18.2 Å². The van der Waals surface area contributed by atoms with Gasteiger partial charge in [0.25, 0.3) is 0 Å². The molecule has 0 N–H and O–H groups in total. The number of carbonyl (C=O) groups excluding carboxylic acids is 1. The first-order valence-electron chi connectivity index (χ1n) is 3.67. The van der Waals surface area contributed by atoms with E-state index in [-0.39, 0.29) is 18.1 Å². The predicted molar refractivity (Wildman–Crippen MR) is 42.5 cm³/mol. The van der Waals surface area contributed by atoms with Crippen LogP contribution in [-0.2, 0) is 4.79 Å². The summed E-state index contributed by atoms with van der Waals surface area (Å²) < 4.78 is 30.1. The minimum atomic E-state index is -0.678. The lowest BCUT2D eigenvalue weighted by molar-refractivity contribution is -0.118. The summed E-state index contributed by atoms with van der Waals surface area (Å²) in [5, 5.41) is 0. The van der Waals surface area contributed by atoms with E-state index in [1.54, 1.807) is 0 Å². The van der Waals surface area contributed by atoms with Gasteiger partial charge in [-0.05, 0) is 19.1 Å². The molecule has 1 aromatic rings. The first-order chi connectivity index (χ1) is 6.09. The molecule has 13 heavy (non-hydrogen) atoms. The van der Waals surface area contributed by atoms with Gasteiger partial charge in [0.2, 0.25) is 0 Å². The molecule has 0 saturated carbocycles. The predicted octanol–water partition coefficient (Wildman–Crippen LogP) is 1.93. The van der Waals surface area contributed by atoms with Crippen molar-refractivity contribution >= 4 is 5.78 Å². The Labute approximate surface area is 74.1 Å². The van der Waals surface area contributed by atoms with E-state index in [2.05, 4.69) is 0 Å². The molecular weight excluding hydrogens is 178 g/mol. The number of halogens is 2. The molecule has 0 heterocycles. The Balaban J connectivity index is 2.75. The second-order valence-electron chi connectivity index (χ2n) is 2.57. The topological polar surface area (TPSA) is 26.3 Å². The van der Waals surface area contributed by atoms with Crippen LogP contribution in [0.3, 0.4) is 0 Å². The number of benzene rings is 1. The number of rotatable bonds is 3. The molecule has 0 unspecified atom stereocenters. The van der Waals surface area contributed by atoms with Gasteiger partial charge in [0.05, 0.1) is 0 Å². The van der Waals surface area contributed by atoms with Gasteiger partial charge < -0.3 is 4.74 Å². The first-order valence-corrected chi connectivity index (χ1v) is 3.67. The van der Waals surface area contributed by atoms with Gasteiger partial charge in [-0.1, -0.05) is 0 Å². The van der Waals surface area contributed by atoms with Crippen LogP contribution in [0.4, 0.5) is 8.78 Å². The Hall–Kier alpha value is -1.45. The van der Waals surface area contributed by atoms with Crippen LogP contribution in [0.2, 0.25) is 0 Å². The average Bonchev–Trinajstić information content (AvgIpc) is 2.06. The van der Waals surface area contributed by atoms with Crippen molar-refractivity contribution in [3.63, 3.8) is 0 Å². The molecule has 0 aliphatic carbocycles. The number of hydrogen-bond donors (Lipinski definition) is 0. The molecule has 2 nitrogen and oxygen atoms in total. The standard InChI is InChI=1S/C9H8F2O2/c1-6(12)5-13-9-4-7(10)2-3-8(9)11/h2-4H,5H2,1H3. The summed E-state index contributed by atoms with van der Waals surface area (Å²) in [6.45, 7) is 1.05. The maximum atomic E-state index is 12.8. The van der Waals surface area contributed by atoms with E-state index in [1.807, 2.05) is 0 Å². The lowest BCUT2D eigenvalue weighted by Gasteiger charge is -2.04. The average molecular weight is 186 g/mol. The molecule has 0 spiro atoms. The lowest BCUT2D eigenvalue weighted by atomic mass is 10.3. The van der Waals surface area contributed by atoms with Crippen molar-refractivity contribution in [1.82, 2.24) is 0 Å². The summed E-state index contributed by atoms with van der Waals surface area (Å²) in [5.74, 6) is -1.76. The highest BCUT2D eigenvalue weighted by atomic mass is 19.1. The first kappa shape index (κ1) is 9.64. The van der Waals surface area contributed by atoms with E-state index in [9.17, 15) is 13.6 Å². The van der Waals surface area contributed by atoms with Gasteiger partial charge in [-0.15, -0.1) is 0 Å². The highest BCUT2D eigenvalue weighted by Crippen LogP contribution is 2.17. The van der Waals surface area contributed by atoms with Crippen LogP contribution in [0.1, 0.15) is 6.92 Å². The lowest BCUT2D eigenvalue weighted by Crippen LogP contribution is -2.07. The fourth-order valence-corrected chi connectivity index (χ4v) is 0.767. The number of ketones is 1. The molecule has 0 aliphatic heterocycles. The third-order valence-electron chi connectivity index (χ3n) is 1.32. The van der Waals surface area contributed by atoms with Crippen LogP contribution in [0, 0.1) is 11.6 Å². The molecule has 0 bridgehead atoms. The monoisotopic (exact) mass is 186 g/mol. The van der Waals surface area contributed by atoms with Gasteiger partial charge in [-0.2, -0.15) is 0 Å². The van der Waals surface area contributed by atoms with Gasteiger partial charge in [0.15, 0.2) is 17.3 Å². The minimum Gasteiger partial charge on any atom is -0.483 e. The highest BCUT2D eigenvalue weighted by Gasteiger charge is 2.05. The van der Waals surface area contributed by atoms with Crippen molar-refractivity contribution in [3.8, 4) is 5.75 Å². The van der Waals surface area contributed by atoms with Crippen molar-refractivity contribution < 1.29 is 18.3 Å². The van der Waals surface area contributed by atoms with Crippen molar-refractivity contribution in [1.29, 1.82) is 0 Å². The molecule has 4 heteroatoms. The smallest absolute Gasteiger partial charge is 0.167 e. The Morgan fingerprint density at radius 2 is 2.15 bits per heavy atom. The Bertz CT molecular complexity index is 323. The van der Waals surface area contributed by atoms with Gasteiger partial charge in [-0.3, -0.25) is 4.79 Å². The van der Waals surface area contributed by atoms with Crippen molar-refractivity contribution in [2.45, 2.75) is 6.92 Å². The molecule has 0 fully saturated rings. The fourth-order valence-electron chi connectivity index (χ4n) is 0.767. The van der Waals surface area contributed by atoms with Crippen LogP contribution in [0.25, 0.3) is 0 Å². The molecule has 0 radical (unpaired) electrons. The zero-order chi connectivity index (χ0) is 9.84. The third-order valence-corrected chi connectivity index (χ3v) is 1.32. The molecule has 0 aliphatic rings. The molecule has 1 rings (SSSR count). The SMILES string of the molecule is CC(=O)COc1cc(F)ccc1F. The van der Waals surface area contributed by atoms with E-state index >= 15 is 0 Å². The molecule has 70 valence electrons. The quantitative estimate of drug-likeness (QED) is 0.721. The minimum absolute atomic E-state index is 0.241. The van der Waals surface area contributed by atoms with Crippen LogP contribution >= 0.6 is 0 Å². The second kappa shape index (κ2) is 3.98. The molecule has 0 aromatic heterocycles. The Morgan fingerprint density at radius 3 is 2.77 bits per heavy atom. The highest BCUT2D eigenvalue weighted by molar-refractivity contribution is 5.77. The van der Waals surface area contributed by atoms with E-state index in [0.29, 0.717) is 0 Å². The van der Waals surface area contributed by atoms with Gasteiger partial charge >= 0.3 is 0 Å². The van der Waals surface area contributed by atoms with Crippen LogP contribution in [0.15, 0.2) is 18.2 Å². The fraction of sp³-hybridized carbons (Fsp3) is 0.222. The zero-order valence-corrected chi connectivity index (χ0v) is 7.01. The summed E-state index contributed by atoms with van der Waals surface area (Å²) in [7, 11) is 0. The van der Waals surface area contributed by atoms with Crippen LogP contribution < -0.4 is 4.74 Å². The largest absolute Gasteiger partial charge is 0.483 e. The maximum Gasteiger partial charge on any atom is 0.167 e. The Kier molecular flexibility index (Phi) is 2.95. The third kappa shape index (κ3) is 2.82. The number of carbonyl (C=O) groups is 1. The van der Waals surface area contributed by atoms with Crippen LogP contribution in [0.5, 0.6) is 5.75 Å². The van der Waals surface area contributed by atoms with Crippen molar-refractivity contribution in [2.75, 3.05) is 6.61 Å². The number of Topliss-reactive ketones (excluding diaryl/α,β-unsaturated/α-hetero) is 1. The van der Waals surface area contributed by atoms with E-state index in [4.69, 9.17) is 4.74 Å². The van der Waals surface area contributed by atoms with E-state index < -0.39 is 11.6 Å². The maximum absolute atomic E-state index is 12.8. The zero-order valence-electron chi connectivity index (χ0n) is 7.01. The van der Waals surface area contributed by atoms with Crippen molar-refractivity contribution in [3.05, 3.63) is 29.8 Å². The summed E-state index contributed by atoms with van der Waals surface area (Å²) >= 11 is 0. The molecule has 1 aromatic carbocycles.